The highest BCUT2D eigenvalue weighted by atomic mass is 19.1. The number of halogens is 1. The van der Waals surface area contributed by atoms with Crippen LogP contribution in [0.5, 0.6) is 0 Å². The van der Waals surface area contributed by atoms with Gasteiger partial charge < -0.3 is 15.1 Å². The Bertz CT molecular complexity index is 924. The van der Waals surface area contributed by atoms with Crippen molar-refractivity contribution in [3.05, 3.63) is 29.3 Å². The van der Waals surface area contributed by atoms with E-state index in [1.807, 2.05) is 18.2 Å². The Morgan fingerprint density at radius 2 is 1.81 bits per heavy atom. The van der Waals surface area contributed by atoms with Crippen LogP contribution in [0.25, 0.3) is 0 Å². The Labute approximate surface area is 187 Å². The fourth-order valence-electron chi connectivity index (χ4n) is 5.36. The number of benzene rings is 1. The number of anilines is 1. The van der Waals surface area contributed by atoms with Crippen LogP contribution in [0.3, 0.4) is 0 Å². The molecule has 4 heterocycles. The van der Waals surface area contributed by atoms with Gasteiger partial charge in [-0.3, -0.25) is 24.6 Å². The lowest BCUT2D eigenvalue weighted by molar-refractivity contribution is -0.136. The van der Waals surface area contributed by atoms with Gasteiger partial charge in [-0.25, -0.2) is 4.39 Å². The second-order valence-corrected chi connectivity index (χ2v) is 9.41. The molecule has 0 unspecified atom stereocenters. The molecule has 0 spiro atoms. The van der Waals surface area contributed by atoms with E-state index in [0.29, 0.717) is 37.9 Å². The number of amides is 3. The van der Waals surface area contributed by atoms with E-state index in [-0.39, 0.29) is 18.2 Å². The summed E-state index contributed by atoms with van der Waals surface area (Å²) in [5.41, 5.74) is 1.51. The molecule has 172 valence electrons. The lowest BCUT2D eigenvalue weighted by Crippen LogP contribution is -2.53. The third kappa shape index (κ3) is 4.11. The number of nitrogens with zero attached hydrogens (tertiary/aromatic N) is 3. The summed E-state index contributed by atoms with van der Waals surface area (Å²) in [4.78, 5) is 42.6. The SMILES string of the molecule is O=C1CC[C@H](N2Cc3cc(N4CCN(CC5(F)CCNCC5)CC4)ccc3C2=O)C(=O)N1. The summed E-state index contributed by atoms with van der Waals surface area (Å²) in [6.45, 7) is 5.65. The van der Waals surface area contributed by atoms with Crippen LogP contribution >= 0.6 is 0 Å². The first kappa shape index (κ1) is 21.3. The number of carbonyl (C=O) groups excluding carboxylic acids is 3. The van der Waals surface area contributed by atoms with E-state index in [0.717, 1.165) is 50.5 Å². The highest BCUT2D eigenvalue weighted by molar-refractivity contribution is 6.05. The van der Waals surface area contributed by atoms with Gasteiger partial charge in [0.2, 0.25) is 11.8 Å². The van der Waals surface area contributed by atoms with Crippen molar-refractivity contribution >= 4 is 23.4 Å². The molecule has 3 saturated heterocycles. The Hall–Kier alpha value is -2.52. The molecule has 1 aromatic rings. The highest BCUT2D eigenvalue weighted by Crippen LogP contribution is 2.31. The number of alkyl halides is 1. The number of fused-ring (bicyclic) bond motifs is 1. The van der Waals surface area contributed by atoms with Gasteiger partial charge in [-0.15, -0.1) is 0 Å². The standard InChI is InChI=1S/C23H30FN5O3/c24-23(5-7-25-8-6-23)15-27-9-11-28(12-10-27)17-1-2-18-16(13-17)14-29(22(18)32)19-3-4-20(30)26-21(19)31/h1-2,13,19,25H,3-12,14-15H2,(H,26,30,31)/t19-/m0/s1. The Morgan fingerprint density at radius 3 is 2.53 bits per heavy atom. The maximum Gasteiger partial charge on any atom is 0.255 e. The molecule has 1 aromatic carbocycles. The van der Waals surface area contributed by atoms with Crippen molar-refractivity contribution in [3.63, 3.8) is 0 Å². The zero-order valence-corrected chi connectivity index (χ0v) is 18.2. The molecular formula is C23H30FN5O3. The number of rotatable bonds is 4. The van der Waals surface area contributed by atoms with E-state index < -0.39 is 17.6 Å². The van der Waals surface area contributed by atoms with Gasteiger partial charge in [-0.1, -0.05) is 0 Å². The second kappa shape index (κ2) is 8.44. The van der Waals surface area contributed by atoms with Crippen molar-refractivity contribution in [1.82, 2.24) is 20.4 Å². The van der Waals surface area contributed by atoms with Crippen LogP contribution in [0.1, 0.15) is 41.6 Å². The predicted octanol–water partition coefficient (Wildman–Crippen LogP) is 0.661. The molecule has 4 aliphatic heterocycles. The topological polar surface area (TPSA) is 85.0 Å². The summed E-state index contributed by atoms with van der Waals surface area (Å²) >= 11 is 0. The monoisotopic (exact) mass is 443 g/mol. The van der Waals surface area contributed by atoms with Gasteiger partial charge in [0.25, 0.3) is 5.91 Å². The molecule has 0 aliphatic carbocycles. The lowest BCUT2D eigenvalue weighted by Gasteiger charge is -2.40. The molecule has 0 bridgehead atoms. The van der Waals surface area contributed by atoms with Gasteiger partial charge in [0.1, 0.15) is 11.7 Å². The average Bonchev–Trinajstić information content (AvgIpc) is 3.10. The van der Waals surface area contributed by atoms with Crippen molar-refractivity contribution in [2.45, 2.75) is 43.9 Å². The minimum atomic E-state index is -1.08. The van der Waals surface area contributed by atoms with Gasteiger partial charge >= 0.3 is 0 Å². The van der Waals surface area contributed by atoms with Crippen LogP contribution in [0.15, 0.2) is 18.2 Å². The number of hydrogen-bond donors (Lipinski definition) is 2. The van der Waals surface area contributed by atoms with Gasteiger partial charge in [0.05, 0.1) is 0 Å². The maximum absolute atomic E-state index is 15.0. The number of piperazine rings is 1. The number of carbonyl (C=O) groups is 3. The van der Waals surface area contributed by atoms with E-state index in [4.69, 9.17) is 0 Å². The first-order valence-electron chi connectivity index (χ1n) is 11.6. The molecule has 4 aliphatic rings. The fourth-order valence-corrected chi connectivity index (χ4v) is 5.36. The lowest BCUT2D eigenvalue weighted by atomic mass is 9.93. The van der Waals surface area contributed by atoms with E-state index in [1.54, 1.807) is 4.90 Å². The van der Waals surface area contributed by atoms with Crippen LogP contribution < -0.4 is 15.5 Å². The van der Waals surface area contributed by atoms with Gasteiger partial charge in [0, 0.05) is 56.9 Å². The first-order valence-corrected chi connectivity index (χ1v) is 11.6. The molecule has 0 radical (unpaired) electrons. The summed E-state index contributed by atoms with van der Waals surface area (Å²) in [6, 6.07) is 5.25. The van der Waals surface area contributed by atoms with E-state index >= 15 is 4.39 Å². The van der Waals surface area contributed by atoms with E-state index in [9.17, 15) is 14.4 Å². The van der Waals surface area contributed by atoms with Crippen molar-refractivity contribution in [3.8, 4) is 0 Å². The minimum absolute atomic E-state index is 0.152. The number of piperidine rings is 2. The molecule has 8 nitrogen and oxygen atoms in total. The van der Waals surface area contributed by atoms with Crippen LogP contribution in [-0.4, -0.2) is 85.0 Å². The van der Waals surface area contributed by atoms with Crippen molar-refractivity contribution in [2.75, 3.05) is 50.7 Å². The fraction of sp³-hybridized carbons (Fsp3) is 0.609. The summed E-state index contributed by atoms with van der Waals surface area (Å²) in [7, 11) is 0. The van der Waals surface area contributed by atoms with Gasteiger partial charge in [-0.2, -0.15) is 0 Å². The number of nitrogens with one attached hydrogen (secondary N) is 2. The quantitative estimate of drug-likeness (QED) is 0.666. The Morgan fingerprint density at radius 1 is 1.06 bits per heavy atom. The molecular weight excluding hydrogens is 413 g/mol. The molecule has 1 atom stereocenters. The van der Waals surface area contributed by atoms with E-state index in [1.165, 1.54) is 0 Å². The van der Waals surface area contributed by atoms with Crippen LogP contribution in [-0.2, 0) is 16.1 Å². The van der Waals surface area contributed by atoms with Gasteiger partial charge in [-0.05, 0) is 56.1 Å². The zero-order chi connectivity index (χ0) is 22.3. The zero-order valence-electron chi connectivity index (χ0n) is 18.2. The molecule has 5 rings (SSSR count). The number of hydrogen-bond acceptors (Lipinski definition) is 6. The van der Waals surface area contributed by atoms with Crippen LogP contribution in [0.2, 0.25) is 0 Å². The highest BCUT2D eigenvalue weighted by Gasteiger charge is 2.39. The Kier molecular flexibility index (Phi) is 5.63. The van der Waals surface area contributed by atoms with Crippen molar-refractivity contribution < 1.29 is 18.8 Å². The summed E-state index contributed by atoms with van der Waals surface area (Å²) in [6.07, 6.45) is 1.78. The molecule has 2 N–H and O–H groups in total. The molecule has 9 heteroatoms. The molecule has 32 heavy (non-hydrogen) atoms. The predicted molar refractivity (Wildman–Crippen MR) is 117 cm³/mol. The minimum Gasteiger partial charge on any atom is -0.369 e. The molecule has 0 saturated carbocycles. The average molecular weight is 444 g/mol. The van der Waals surface area contributed by atoms with Crippen LogP contribution in [0, 0.1) is 0 Å². The maximum atomic E-state index is 15.0. The summed E-state index contributed by atoms with van der Waals surface area (Å²) in [5, 5.41) is 5.56. The summed E-state index contributed by atoms with van der Waals surface area (Å²) < 4.78 is 15.0. The molecule has 3 fully saturated rings. The normalized spacial score (nSPS) is 26.3. The van der Waals surface area contributed by atoms with Crippen LogP contribution in [0.4, 0.5) is 10.1 Å². The third-order valence-corrected chi connectivity index (χ3v) is 7.25. The smallest absolute Gasteiger partial charge is 0.255 e. The molecule has 0 aromatic heterocycles. The number of imide groups is 1. The van der Waals surface area contributed by atoms with Gasteiger partial charge in [0.15, 0.2) is 0 Å². The van der Waals surface area contributed by atoms with Crippen molar-refractivity contribution in [2.24, 2.45) is 0 Å². The van der Waals surface area contributed by atoms with E-state index in [2.05, 4.69) is 20.4 Å². The largest absolute Gasteiger partial charge is 0.369 e. The third-order valence-electron chi connectivity index (χ3n) is 7.25. The Balaban J connectivity index is 1.21. The summed E-state index contributed by atoms with van der Waals surface area (Å²) in [5.74, 6) is -0.824. The first-order chi connectivity index (χ1) is 15.4. The van der Waals surface area contributed by atoms with Crippen molar-refractivity contribution in [1.29, 1.82) is 0 Å². The molecule has 3 amide bonds. The second-order valence-electron chi connectivity index (χ2n) is 9.41.